The average molecular weight is 664 g/mol. The van der Waals surface area contributed by atoms with Crippen molar-refractivity contribution in [1.29, 1.82) is 5.26 Å². The monoisotopic (exact) mass is 663 g/mol. The molecule has 2 saturated heterocycles. The predicted molar refractivity (Wildman–Crippen MR) is 165 cm³/mol. The molecule has 1 N–H and O–H groups in total. The van der Waals surface area contributed by atoms with Gasteiger partial charge in [0.05, 0.1) is 30.6 Å². The molecule has 0 radical (unpaired) electrons. The number of ether oxygens (including phenoxy) is 2. The fraction of sp³-hybridized carbons (Fsp3) is 0.567. The molecule has 2 unspecified atom stereocenters. The van der Waals surface area contributed by atoms with Gasteiger partial charge in [0.15, 0.2) is 0 Å². The van der Waals surface area contributed by atoms with E-state index in [9.17, 15) is 10.4 Å². The first-order valence-corrected chi connectivity index (χ1v) is 15.0. The molecule has 2 heterocycles. The Balaban J connectivity index is 1.31. The minimum absolute atomic E-state index is 0.0853. The average Bonchev–Trinajstić information content (AvgIpc) is 3.19. The molecule has 0 spiro atoms. The third-order valence-corrected chi connectivity index (χ3v) is 7.98. The van der Waals surface area contributed by atoms with Gasteiger partial charge in [-0.2, -0.15) is 5.26 Å². The van der Waals surface area contributed by atoms with E-state index in [0.29, 0.717) is 19.8 Å². The number of nitriles is 1. The van der Waals surface area contributed by atoms with Crippen molar-refractivity contribution in [2.24, 2.45) is 0 Å². The summed E-state index contributed by atoms with van der Waals surface area (Å²) in [7, 11) is 1.63. The first-order valence-electron chi connectivity index (χ1n) is 14.2. The summed E-state index contributed by atoms with van der Waals surface area (Å²) in [6, 6.07) is 18.5. The molecule has 0 bridgehead atoms. The lowest BCUT2D eigenvalue weighted by atomic mass is 10.1. The summed E-state index contributed by atoms with van der Waals surface area (Å²) in [4.78, 5) is 9.54. The number of β-amino-alcohol motifs (C(OH)–C–C–N with tert-alkyl or cyclic N) is 1. The van der Waals surface area contributed by atoms with Gasteiger partial charge in [-0.25, -0.2) is 0 Å². The second-order valence-electron chi connectivity index (χ2n) is 10.6. The molecule has 0 saturated carbocycles. The number of rotatable bonds is 13. The van der Waals surface area contributed by atoms with Crippen molar-refractivity contribution in [1.82, 2.24) is 14.7 Å². The maximum absolute atomic E-state index is 10.1. The third-order valence-electron chi connectivity index (χ3n) is 7.62. The molecule has 0 aromatic heterocycles. The van der Waals surface area contributed by atoms with Crippen LogP contribution in [-0.2, 0) is 14.3 Å². The summed E-state index contributed by atoms with van der Waals surface area (Å²) in [5, 5.41) is 19.6. The van der Waals surface area contributed by atoms with Crippen molar-refractivity contribution in [3.63, 3.8) is 0 Å². The van der Waals surface area contributed by atoms with E-state index in [2.05, 4.69) is 43.9 Å². The largest absolute Gasteiger partial charge is 0.486 e. The van der Waals surface area contributed by atoms with E-state index in [0.717, 1.165) is 88.9 Å². The Morgan fingerprint density at radius 3 is 2.33 bits per heavy atom. The highest BCUT2D eigenvalue weighted by molar-refractivity contribution is 14.1. The molecule has 2 aliphatic heterocycles. The van der Waals surface area contributed by atoms with Gasteiger partial charge in [0.2, 0.25) is 0 Å². The second-order valence-corrected chi connectivity index (χ2v) is 11.2. The number of hydrogen-bond donors (Lipinski definition) is 1. The summed E-state index contributed by atoms with van der Waals surface area (Å²) in [5.41, 5.74) is 2.93. The van der Waals surface area contributed by atoms with Crippen LogP contribution in [0.1, 0.15) is 17.5 Å². The lowest BCUT2D eigenvalue weighted by Gasteiger charge is -2.37. The fourth-order valence-corrected chi connectivity index (χ4v) is 5.98. The van der Waals surface area contributed by atoms with E-state index in [1.807, 2.05) is 53.3 Å². The van der Waals surface area contributed by atoms with Crippen molar-refractivity contribution in [2.75, 3.05) is 90.7 Å². The quantitative estimate of drug-likeness (QED) is 0.326. The highest BCUT2D eigenvalue weighted by atomic mass is 127. The normalized spacial score (nSPS) is 19.1. The Kier molecular flexibility index (Phi) is 12.7. The molecule has 4 rings (SSSR count). The lowest BCUT2D eigenvalue weighted by molar-refractivity contribution is 0.0385. The van der Waals surface area contributed by atoms with Crippen LogP contribution < -0.4 is 9.64 Å². The summed E-state index contributed by atoms with van der Waals surface area (Å²) in [6.07, 6.45) is 0.538. The summed E-state index contributed by atoms with van der Waals surface area (Å²) in [6.45, 7) is 10.6. The topological polar surface area (TPSA) is 84.7 Å². The molecule has 218 valence electrons. The number of halogens is 1. The van der Waals surface area contributed by atoms with Crippen molar-refractivity contribution in [3.8, 4) is 11.8 Å². The Morgan fingerprint density at radius 1 is 0.875 bits per heavy atom. The Bertz CT molecular complexity index is 1080. The van der Waals surface area contributed by atoms with Crippen LogP contribution in [0.2, 0.25) is 0 Å². The molecule has 9 nitrogen and oxygen atoms in total. The number of anilines is 1. The predicted octanol–water partition coefficient (Wildman–Crippen LogP) is 3.01. The van der Waals surface area contributed by atoms with Gasteiger partial charge < -0.3 is 22.5 Å². The minimum atomic E-state index is -0.445. The number of aliphatic hydroxyl groups excluding tert-OH is 1. The van der Waals surface area contributed by atoms with Gasteiger partial charge in [-0.1, -0.05) is 30.3 Å². The van der Waals surface area contributed by atoms with Crippen LogP contribution in [0.4, 0.5) is 5.69 Å². The smallest absolute Gasteiger partial charge is 0.136 e. The van der Waals surface area contributed by atoms with Crippen LogP contribution in [0.5, 0.6) is 5.75 Å². The van der Waals surface area contributed by atoms with Crippen LogP contribution in [0, 0.1) is 11.3 Å². The fourth-order valence-electron chi connectivity index (χ4n) is 5.58. The van der Waals surface area contributed by atoms with Crippen molar-refractivity contribution >= 4 is 28.7 Å². The van der Waals surface area contributed by atoms with Crippen molar-refractivity contribution in [3.05, 3.63) is 59.7 Å². The van der Waals surface area contributed by atoms with Crippen molar-refractivity contribution in [2.45, 2.75) is 25.2 Å². The van der Waals surface area contributed by atoms with Crippen LogP contribution in [0.25, 0.3) is 0 Å². The summed E-state index contributed by atoms with van der Waals surface area (Å²) in [5.74, 6) is 0.916. The van der Waals surface area contributed by atoms with E-state index in [4.69, 9.17) is 12.5 Å². The molecule has 2 aromatic rings. The first-order chi connectivity index (χ1) is 19.6. The molecule has 2 atom stereocenters. The van der Waals surface area contributed by atoms with Gasteiger partial charge in [0, 0.05) is 71.6 Å². The molecule has 2 aromatic carbocycles. The highest BCUT2D eigenvalue weighted by Crippen LogP contribution is 2.24. The van der Waals surface area contributed by atoms with Gasteiger partial charge in [0.25, 0.3) is 0 Å². The van der Waals surface area contributed by atoms with Gasteiger partial charge >= 0.3 is 0 Å². The SMILES string of the molecule is COCC(O)CN1CCCN(Cc2ccccc2OC(COI)CN2CCN(c3ccccc3C#N)CC2)CC1. The number of hydrogen-bond acceptors (Lipinski definition) is 9. The Hall–Kier alpha value is -1.98. The van der Waals surface area contributed by atoms with E-state index in [1.165, 1.54) is 5.56 Å². The van der Waals surface area contributed by atoms with Crippen LogP contribution in [0.3, 0.4) is 0 Å². The van der Waals surface area contributed by atoms with E-state index < -0.39 is 6.10 Å². The number of benzene rings is 2. The number of aliphatic hydroxyl groups is 1. The number of piperazine rings is 1. The zero-order valence-electron chi connectivity index (χ0n) is 23.5. The second kappa shape index (κ2) is 16.5. The molecular formula is C30H42IN5O4. The number of methoxy groups -OCH3 is 1. The van der Waals surface area contributed by atoms with E-state index in [1.54, 1.807) is 7.11 Å². The van der Waals surface area contributed by atoms with Gasteiger partial charge in [-0.05, 0) is 37.7 Å². The van der Waals surface area contributed by atoms with E-state index >= 15 is 0 Å². The van der Waals surface area contributed by atoms with Gasteiger partial charge in [0.1, 0.15) is 40.9 Å². The Morgan fingerprint density at radius 2 is 1.55 bits per heavy atom. The van der Waals surface area contributed by atoms with Crippen LogP contribution in [-0.4, -0.2) is 118 Å². The van der Waals surface area contributed by atoms with E-state index in [-0.39, 0.29) is 6.10 Å². The van der Waals surface area contributed by atoms with Gasteiger partial charge in [-0.3, -0.25) is 14.7 Å². The maximum atomic E-state index is 10.1. The molecule has 0 amide bonds. The molecule has 0 aliphatic carbocycles. The standard InChI is InChI=1S/C30H42IN5O4/c1-38-23-27(37)21-34-12-6-11-33(13-14-34)20-26-8-3-5-10-30(26)40-28(24-39-31)22-35-15-17-36(18-16-35)29-9-4-2-7-25(29)19-32/h2-5,7-10,27-28,37H,6,11-18,20-24H2,1H3. The zero-order chi connectivity index (χ0) is 28.2. The Labute approximate surface area is 252 Å². The first kappa shape index (κ1) is 31.0. The van der Waals surface area contributed by atoms with Gasteiger partial charge in [-0.15, -0.1) is 0 Å². The van der Waals surface area contributed by atoms with Crippen LogP contribution in [0.15, 0.2) is 48.5 Å². The maximum Gasteiger partial charge on any atom is 0.136 e. The minimum Gasteiger partial charge on any atom is -0.486 e. The summed E-state index contributed by atoms with van der Waals surface area (Å²) < 4.78 is 17.2. The number of para-hydroxylation sites is 2. The summed E-state index contributed by atoms with van der Waals surface area (Å²) >= 11 is 1.95. The third kappa shape index (κ3) is 9.27. The van der Waals surface area contributed by atoms with Crippen LogP contribution >= 0.6 is 23.0 Å². The molecule has 2 aliphatic rings. The zero-order valence-corrected chi connectivity index (χ0v) is 25.6. The number of nitrogens with zero attached hydrogens (tertiary/aromatic N) is 5. The highest BCUT2D eigenvalue weighted by Gasteiger charge is 2.24. The molecule has 10 heteroatoms. The molecular weight excluding hydrogens is 621 g/mol. The molecule has 40 heavy (non-hydrogen) atoms. The lowest BCUT2D eigenvalue weighted by Crippen LogP contribution is -2.50. The van der Waals surface area contributed by atoms with Crippen molar-refractivity contribution < 1.29 is 17.6 Å². The molecule has 2 fully saturated rings.